The van der Waals surface area contributed by atoms with E-state index in [1.165, 1.54) is 11.3 Å². The van der Waals surface area contributed by atoms with Crippen LogP contribution in [0.4, 0.5) is 10.7 Å². The minimum absolute atomic E-state index is 0.164. The molecule has 1 aliphatic heterocycles. The van der Waals surface area contributed by atoms with E-state index in [0.717, 1.165) is 30.9 Å². The van der Waals surface area contributed by atoms with E-state index in [1.807, 2.05) is 6.92 Å². The molecule has 0 spiro atoms. The molecule has 1 amide bonds. The van der Waals surface area contributed by atoms with E-state index in [-0.39, 0.29) is 17.7 Å². The Hall–Kier alpha value is -1.78. The second-order valence-corrected chi connectivity index (χ2v) is 5.98. The molecule has 7 heteroatoms. The molecular weight excluding hydrogens is 288 g/mol. The van der Waals surface area contributed by atoms with E-state index in [0.29, 0.717) is 17.0 Å². The highest BCUT2D eigenvalue weighted by Crippen LogP contribution is 2.39. The smallest absolute Gasteiger partial charge is 0.263 e. The fourth-order valence-electron chi connectivity index (χ4n) is 2.35. The second kappa shape index (κ2) is 6.78. The van der Waals surface area contributed by atoms with E-state index in [4.69, 9.17) is 10.5 Å². The lowest BCUT2D eigenvalue weighted by Gasteiger charge is -2.16. The van der Waals surface area contributed by atoms with E-state index < -0.39 is 0 Å². The number of nitrogens with two attached hydrogens (primary N) is 1. The zero-order valence-corrected chi connectivity index (χ0v) is 13.1. The summed E-state index contributed by atoms with van der Waals surface area (Å²) in [6, 6.07) is 2.13. The summed E-state index contributed by atoms with van der Waals surface area (Å²) in [5, 5.41) is 12.9. The molecule has 0 aromatic carbocycles. The van der Waals surface area contributed by atoms with Crippen molar-refractivity contribution in [2.24, 2.45) is 0 Å². The van der Waals surface area contributed by atoms with Crippen LogP contribution in [0.1, 0.15) is 35.0 Å². The first kappa shape index (κ1) is 15.6. The van der Waals surface area contributed by atoms with Crippen molar-refractivity contribution in [3.05, 3.63) is 10.4 Å². The van der Waals surface area contributed by atoms with Gasteiger partial charge in [-0.3, -0.25) is 4.79 Å². The molecule has 1 atom stereocenters. The number of amides is 1. The summed E-state index contributed by atoms with van der Waals surface area (Å²) < 4.78 is 5.34. The third-order valence-corrected chi connectivity index (χ3v) is 4.81. The Kier molecular flexibility index (Phi) is 5.04. The zero-order chi connectivity index (χ0) is 15.4. The fourth-order valence-corrected chi connectivity index (χ4v) is 3.48. The molecule has 1 aliphatic rings. The molecule has 1 fully saturated rings. The number of carbonyl (C=O) groups is 1. The molecule has 1 saturated heterocycles. The maximum Gasteiger partial charge on any atom is 0.263 e. The summed E-state index contributed by atoms with van der Waals surface area (Å²) in [7, 11) is 1.69. The van der Waals surface area contributed by atoms with Crippen LogP contribution in [0.25, 0.3) is 0 Å². The molecule has 0 aliphatic carbocycles. The highest BCUT2D eigenvalue weighted by atomic mass is 32.1. The first-order chi connectivity index (χ1) is 10.1. The van der Waals surface area contributed by atoms with Gasteiger partial charge in [-0.25, -0.2) is 0 Å². The SMILES string of the molecule is CCCNC(=O)c1sc(N2CCC(OC)C2)c(C#N)c1N. The summed E-state index contributed by atoms with van der Waals surface area (Å²) in [6.07, 6.45) is 1.94. The Bertz CT molecular complexity index is 564. The number of nitriles is 1. The molecule has 1 unspecified atom stereocenters. The van der Waals surface area contributed by atoms with E-state index in [1.54, 1.807) is 7.11 Å². The van der Waals surface area contributed by atoms with Gasteiger partial charge in [-0.05, 0) is 12.8 Å². The number of nitrogens with one attached hydrogen (secondary N) is 1. The normalized spacial score (nSPS) is 17.8. The van der Waals surface area contributed by atoms with Gasteiger partial charge in [0.1, 0.15) is 21.5 Å². The molecule has 114 valence electrons. The molecule has 2 rings (SSSR count). The number of methoxy groups -OCH3 is 1. The minimum atomic E-state index is -0.204. The maximum atomic E-state index is 12.1. The number of thiophene rings is 1. The van der Waals surface area contributed by atoms with E-state index in [2.05, 4.69) is 16.3 Å². The second-order valence-electron chi connectivity index (χ2n) is 4.99. The van der Waals surface area contributed by atoms with Crippen molar-refractivity contribution in [2.45, 2.75) is 25.9 Å². The van der Waals surface area contributed by atoms with Gasteiger partial charge in [0.2, 0.25) is 0 Å². The Morgan fingerprint density at radius 3 is 3.00 bits per heavy atom. The van der Waals surface area contributed by atoms with Gasteiger partial charge in [-0.2, -0.15) is 5.26 Å². The average Bonchev–Trinajstić information content (AvgIpc) is 3.08. The molecule has 21 heavy (non-hydrogen) atoms. The Morgan fingerprint density at radius 2 is 2.43 bits per heavy atom. The van der Waals surface area contributed by atoms with Crippen LogP contribution >= 0.6 is 11.3 Å². The van der Waals surface area contributed by atoms with Crippen LogP contribution in [-0.2, 0) is 4.74 Å². The maximum absolute atomic E-state index is 12.1. The predicted octanol–water partition coefficient (Wildman–Crippen LogP) is 1.57. The number of rotatable bonds is 5. The first-order valence-electron chi connectivity index (χ1n) is 7.00. The lowest BCUT2D eigenvalue weighted by molar-refractivity contribution is 0.0958. The Labute approximate surface area is 128 Å². The lowest BCUT2D eigenvalue weighted by Crippen LogP contribution is -2.23. The third-order valence-electron chi connectivity index (χ3n) is 3.55. The lowest BCUT2D eigenvalue weighted by atomic mass is 10.2. The standard InChI is InChI=1S/C14H20N4O2S/c1-3-5-17-13(19)12-11(16)10(7-15)14(21-12)18-6-4-9(8-18)20-2/h9H,3-6,8,16H2,1-2H3,(H,17,19). The summed E-state index contributed by atoms with van der Waals surface area (Å²) in [5.74, 6) is -0.204. The van der Waals surface area contributed by atoms with Crippen LogP contribution in [0.3, 0.4) is 0 Å². The molecule has 0 saturated carbocycles. The first-order valence-corrected chi connectivity index (χ1v) is 7.82. The van der Waals surface area contributed by atoms with E-state index in [9.17, 15) is 10.1 Å². The van der Waals surface area contributed by atoms with Gasteiger partial charge < -0.3 is 20.7 Å². The molecular formula is C14H20N4O2S. The number of carbonyl (C=O) groups excluding carboxylic acids is 1. The molecule has 1 aromatic heterocycles. The fraction of sp³-hybridized carbons (Fsp3) is 0.571. The molecule has 0 radical (unpaired) electrons. The molecule has 3 N–H and O–H groups in total. The average molecular weight is 308 g/mol. The quantitative estimate of drug-likeness (QED) is 0.861. The number of ether oxygens (including phenoxy) is 1. The number of hydrogen-bond donors (Lipinski definition) is 2. The van der Waals surface area contributed by atoms with Crippen molar-refractivity contribution in [2.75, 3.05) is 37.4 Å². The van der Waals surface area contributed by atoms with Crippen LogP contribution in [-0.4, -0.2) is 38.8 Å². The summed E-state index contributed by atoms with van der Waals surface area (Å²) in [6.45, 7) is 4.12. The molecule has 0 bridgehead atoms. The van der Waals surface area contributed by atoms with Crippen LogP contribution in [0.5, 0.6) is 0 Å². The van der Waals surface area contributed by atoms with Crippen molar-refractivity contribution >= 4 is 27.9 Å². The van der Waals surface area contributed by atoms with Gasteiger partial charge in [0.25, 0.3) is 5.91 Å². The van der Waals surface area contributed by atoms with E-state index >= 15 is 0 Å². The van der Waals surface area contributed by atoms with Crippen molar-refractivity contribution in [3.8, 4) is 6.07 Å². The van der Waals surface area contributed by atoms with Crippen LogP contribution in [0, 0.1) is 11.3 Å². The van der Waals surface area contributed by atoms with Gasteiger partial charge in [0, 0.05) is 26.7 Å². The molecule has 1 aromatic rings. The van der Waals surface area contributed by atoms with Gasteiger partial charge in [-0.15, -0.1) is 11.3 Å². The zero-order valence-electron chi connectivity index (χ0n) is 12.3. The molecule has 2 heterocycles. The highest BCUT2D eigenvalue weighted by molar-refractivity contribution is 7.19. The summed E-state index contributed by atoms with van der Waals surface area (Å²) in [4.78, 5) is 14.6. The van der Waals surface area contributed by atoms with Crippen molar-refractivity contribution in [1.82, 2.24) is 5.32 Å². The number of anilines is 2. The van der Waals surface area contributed by atoms with Gasteiger partial charge >= 0.3 is 0 Å². The van der Waals surface area contributed by atoms with Crippen LogP contribution in [0.2, 0.25) is 0 Å². The highest BCUT2D eigenvalue weighted by Gasteiger charge is 2.29. The van der Waals surface area contributed by atoms with Crippen LogP contribution < -0.4 is 16.0 Å². The van der Waals surface area contributed by atoms with Crippen molar-refractivity contribution in [3.63, 3.8) is 0 Å². The topological polar surface area (TPSA) is 91.4 Å². The number of hydrogen-bond acceptors (Lipinski definition) is 6. The Morgan fingerprint density at radius 1 is 1.67 bits per heavy atom. The minimum Gasteiger partial charge on any atom is -0.396 e. The van der Waals surface area contributed by atoms with Gasteiger partial charge in [0.05, 0.1) is 11.8 Å². The molecule has 6 nitrogen and oxygen atoms in total. The van der Waals surface area contributed by atoms with Crippen molar-refractivity contribution in [1.29, 1.82) is 5.26 Å². The summed E-state index contributed by atoms with van der Waals surface area (Å²) >= 11 is 1.29. The van der Waals surface area contributed by atoms with Crippen molar-refractivity contribution < 1.29 is 9.53 Å². The third kappa shape index (κ3) is 3.12. The Balaban J connectivity index is 2.27. The van der Waals surface area contributed by atoms with Gasteiger partial charge in [0.15, 0.2) is 0 Å². The monoisotopic (exact) mass is 308 g/mol. The number of nitrogen functional groups attached to an aromatic ring is 1. The summed E-state index contributed by atoms with van der Waals surface area (Å²) in [5.41, 5.74) is 6.68. The van der Waals surface area contributed by atoms with Gasteiger partial charge in [-0.1, -0.05) is 6.92 Å². The largest absolute Gasteiger partial charge is 0.396 e. The predicted molar refractivity (Wildman–Crippen MR) is 83.7 cm³/mol. The van der Waals surface area contributed by atoms with Crippen LogP contribution in [0.15, 0.2) is 0 Å². The number of nitrogens with zero attached hydrogens (tertiary/aromatic N) is 2.